The van der Waals surface area contributed by atoms with Crippen molar-refractivity contribution in [3.05, 3.63) is 24.3 Å². The van der Waals surface area contributed by atoms with Crippen LogP contribution in [0.2, 0.25) is 0 Å². The smallest absolute Gasteiger partial charge is 0.279 e. The summed E-state index contributed by atoms with van der Waals surface area (Å²) >= 11 is 0. The lowest BCUT2D eigenvalue weighted by molar-refractivity contribution is 0.415. The standard InChI is InChI=1S/C16H27N3O3S/c1-4-19(5-2)23(20,21)17-12-14-9-10-18(13-14)15-7-6-8-16(11-15)22-3/h6-8,11,14,17H,4-5,9-10,12-13H2,1-3H3/t14-/m1/s1. The van der Waals surface area contributed by atoms with Crippen LogP contribution in [-0.2, 0) is 10.2 Å². The van der Waals surface area contributed by atoms with Crippen molar-refractivity contribution in [2.75, 3.05) is 44.7 Å². The average molecular weight is 341 g/mol. The first-order valence-electron chi connectivity index (χ1n) is 8.13. The highest BCUT2D eigenvalue weighted by atomic mass is 32.2. The third kappa shape index (κ3) is 4.59. The third-order valence-electron chi connectivity index (χ3n) is 4.30. The third-order valence-corrected chi connectivity index (χ3v) is 6.03. The van der Waals surface area contributed by atoms with E-state index in [4.69, 9.17) is 4.74 Å². The number of ether oxygens (including phenoxy) is 1. The molecule has 0 bridgehead atoms. The molecule has 6 nitrogen and oxygen atoms in total. The van der Waals surface area contributed by atoms with Crippen LogP contribution in [0.25, 0.3) is 0 Å². The van der Waals surface area contributed by atoms with Crippen LogP contribution in [0.5, 0.6) is 5.75 Å². The second kappa shape index (κ2) is 7.99. The topological polar surface area (TPSA) is 61.9 Å². The Balaban J connectivity index is 1.90. The Hall–Kier alpha value is -1.31. The van der Waals surface area contributed by atoms with Crippen LogP contribution in [-0.4, -0.2) is 52.6 Å². The molecule has 0 radical (unpaired) electrons. The van der Waals surface area contributed by atoms with Gasteiger partial charge in [-0.15, -0.1) is 0 Å². The fourth-order valence-corrected chi connectivity index (χ4v) is 4.23. The van der Waals surface area contributed by atoms with Gasteiger partial charge in [0.1, 0.15) is 5.75 Å². The van der Waals surface area contributed by atoms with Gasteiger partial charge in [-0.2, -0.15) is 12.7 Å². The molecule has 0 spiro atoms. The lowest BCUT2D eigenvalue weighted by Crippen LogP contribution is -2.42. The lowest BCUT2D eigenvalue weighted by atomic mass is 10.1. The second-order valence-corrected chi connectivity index (χ2v) is 7.50. The van der Waals surface area contributed by atoms with Gasteiger partial charge in [-0.3, -0.25) is 0 Å². The first-order valence-corrected chi connectivity index (χ1v) is 9.57. The number of benzene rings is 1. The highest BCUT2D eigenvalue weighted by molar-refractivity contribution is 7.87. The van der Waals surface area contributed by atoms with Gasteiger partial charge in [0, 0.05) is 44.5 Å². The monoisotopic (exact) mass is 341 g/mol. The Bertz CT molecular complexity index is 602. The maximum Gasteiger partial charge on any atom is 0.279 e. The van der Waals surface area contributed by atoms with Gasteiger partial charge in [0.2, 0.25) is 0 Å². The Morgan fingerprint density at radius 2 is 2.09 bits per heavy atom. The van der Waals surface area contributed by atoms with Crippen molar-refractivity contribution in [1.29, 1.82) is 0 Å². The van der Waals surface area contributed by atoms with Crippen LogP contribution in [0.4, 0.5) is 5.69 Å². The number of hydrogen-bond acceptors (Lipinski definition) is 4. The zero-order valence-corrected chi connectivity index (χ0v) is 15.0. The Kier molecular flexibility index (Phi) is 6.26. The van der Waals surface area contributed by atoms with E-state index < -0.39 is 10.2 Å². The van der Waals surface area contributed by atoms with E-state index in [0.29, 0.717) is 25.6 Å². The first-order chi connectivity index (χ1) is 11.0. The van der Waals surface area contributed by atoms with E-state index in [9.17, 15) is 8.42 Å². The van der Waals surface area contributed by atoms with Crippen molar-refractivity contribution in [1.82, 2.24) is 9.03 Å². The molecule has 1 aliphatic rings. The Labute approximate surface area is 139 Å². The average Bonchev–Trinajstić information content (AvgIpc) is 3.03. The summed E-state index contributed by atoms with van der Waals surface area (Å²) in [4.78, 5) is 2.28. The number of nitrogens with one attached hydrogen (secondary N) is 1. The molecular weight excluding hydrogens is 314 g/mol. The van der Waals surface area contributed by atoms with Crippen molar-refractivity contribution in [3.63, 3.8) is 0 Å². The van der Waals surface area contributed by atoms with E-state index in [2.05, 4.69) is 15.7 Å². The number of rotatable bonds is 8. The Morgan fingerprint density at radius 3 is 2.74 bits per heavy atom. The fraction of sp³-hybridized carbons (Fsp3) is 0.625. The molecule has 1 heterocycles. The summed E-state index contributed by atoms with van der Waals surface area (Å²) in [6.45, 7) is 6.96. The molecule has 0 aromatic heterocycles. The molecule has 130 valence electrons. The molecule has 2 rings (SSSR count). The molecule has 1 aromatic carbocycles. The maximum atomic E-state index is 12.2. The predicted octanol–water partition coefficient (Wildman–Crippen LogP) is 1.70. The molecule has 23 heavy (non-hydrogen) atoms. The summed E-state index contributed by atoms with van der Waals surface area (Å²) in [7, 11) is -1.70. The van der Waals surface area contributed by atoms with Crippen molar-refractivity contribution in [3.8, 4) is 5.75 Å². The minimum atomic E-state index is -3.36. The highest BCUT2D eigenvalue weighted by Crippen LogP contribution is 2.26. The first kappa shape index (κ1) is 18.0. The fourth-order valence-electron chi connectivity index (χ4n) is 2.92. The maximum absolute atomic E-state index is 12.2. The van der Waals surface area contributed by atoms with Gasteiger partial charge in [0.05, 0.1) is 7.11 Å². The molecule has 0 amide bonds. The SMILES string of the molecule is CCN(CC)S(=O)(=O)NC[C@H]1CCN(c2cccc(OC)c2)C1. The van der Waals surface area contributed by atoms with Gasteiger partial charge in [0.15, 0.2) is 0 Å². The zero-order valence-electron chi connectivity index (χ0n) is 14.2. The molecule has 1 saturated heterocycles. The van der Waals surface area contributed by atoms with Gasteiger partial charge in [0.25, 0.3) is 10.2 Å². The summed E-state index contributed by atoms with van der Waals surface area (Å²) in [6.07, 6.45) is 0.984. The number of hydrogen-bond donors (Lipinski definition) is 1. The van der Waals surface area contributed by atoms with Gasteiger partial charge >= 0.3 is 0 Å². The zero-order chi connectivity index (χ0) is 16.9. The molecule has 0 unspecified atom stereocenters. The molecular formula is C16H27N3O3S. The van der Waals surface area contributed by atoms with Crippen molar-refractivity contribution < 1.29 is 13.2 Å². The minimum absolute atomic E-state index is 0.325. The van der Waals surface area contributed by atoms with Crippen molar-refractivity contribution in [2.24, 2.45) is 5.92 Å². The van der Waals surface area contributed by atoms with Crippen LogP contribution in [0.1, 0.15) is 20.3 Å². The van der Waals surface area contributed by atoms with Crippen LogP contribution < -0.4 is 14.4 Å². The van der Waals surface area contributed by atoms with Crippen LogP contribution in [0, 0.1) is 5.92 Å². The number of nitrogens with zero attached hydrogens (tertiary/aromatic N) is 2. The van der Waals surface area contributed by atoms with Crippen molar-refractivity contribution in [2.45, 2.75) is 20.3 Å². The summed E-state index contributed by atoms with van der Waals surface area (Å²) < 4.78 is 33.8. The van der Waals surface area contributed by atoms with Gasteiger partial charge in [-0.05, 0) is 24.5 Å². The Morgan fingerprint density at radius 1 is 1.35 bits per heavy atom. The lowest BCUT2D eigenvalue weighted by Gasteiger charge is -2.21. The second-order valence-electron chi connectivity index (χ2n) is 5.74. The summed E-state index contributed by atoms with van der Waals surface area (Å²) in [5.74, 6) is 1.17. The summed E-state index contributed by atoms with van der Waals surface area (Å²) in [6, 6.07) is 7.98. The molecule has 0 aliphatic carbocycles. The molecule has 1 aromatic rings. The van der Waals surface area contributed by atoms with Crippen LogP contribution >= 0.6 is 0 Å². The number of methoxy groups -OCH3 is 1. The summed E-state index contributed by atoms with van der Waals surface area (Å²) in [5.41, 5.74) is 1.12. The van der Waals surface area contributed by atoms with Crippen molar-refractivity contribution >= 4 is 15.9 Å². The van der Waals surface area contributed by atoms with E-state index in [1.807, 2.05) is 32.0 Å². The highest BCUT2D eigenvalue weighted by Gasteiger charge is 2.26. The molecule has 1 fully saturated rings. The van der Waals surface area contributed by atoms with Gasteiger partial charge in [-0.25, -0.2) is 4.72 Å². The largest absolute Gasteiger partial charge is 0.497 e. The normalized spacial score (nSPS) is 18.6. The molecule has 0 saturated carbocycles. The van der Waals surface area contributed by atoms with Crippen LogP contribution in [0.3, 0.4) is 0 Å². The van der Waals surface area contributed by atoms with E-state index >= 15 is 0 Å². The van der Waals surface area contributed by atoms with E-state index in [0.717, 1.165) is 30.9 Å². The van der Waals surface area contributed by atoms with Gasteiger partial charge < -0.3 is 9.64 Å². The molecule has 1 atom stereocenters. The molecule has 1 N–H and O–H groups in total. The van der Waals surface area contributed by atoms with Gasteiger partial charge in [-0.1, -0.05) is 19.9 Å². The van der Waals surface area contributed by atoms with E-state index in [1.165, 1.54) is 4.31 Å². The quantitative estimate of drug-likeness (QED) is 0.782. The van der Waals surface area contributed by atoms with Crippen LogP contribution in [0.15, 0.2) is 24.3 Å². The minimum Gasteiger partial charge on any atom is -0.497 e. The number of anilines is 1. The van der Waals surface area contributed by atoms with E-state index in [-0.39, 0.29) is 0 Å². The summed E-state index contributed by atoms with van der Waals surface area (Å²) in [5, 5.41) is 0. The molecule has 7 heteroatoms. The molecule has 1 aliphatic heterocycles. The predicted molar refractivity (Wildman–Crippen MR) is 93.2 cm³/mol. The van der Waals surface area contributed by atoms with E-state index in [1.54, 1.807) is 7.11 Å².